The summed E-state index contributed by atoms with van der Waals surface area (Å²) in [7, 11) is 1.26. The van der Waals surface area contributed by atoms with E-state index in [4.69, 9.17) is 10.5 Å². The number of ether oxygens (including phenoxy) is 1. The number of rotatable bonds is 7. The first-order valence-electron chi connectivity index (χ1n) is 12.5. The van der Waals surface area contributed by atoms with E-state index in [2.05, 4.69) is 25.7 Å². The summed E-state index contributed by atoms with van der Waals surface area (Å²) >= 11 is 0. The molecule has 9 nitrogen and oxygen atoms in total. The molecule has 0 bridgehead atoms. The van der Waals surface area contributed by atoms with E-state index in [1.54, 1.807) is 11.0 Å². The summed E-state index contributed by atoms with van der Waals surface area (Å²) in [6.45, 7) is -0.851. The summed E-state index contributed by atoms with van der Waals surface area (Å²) in [4.78, 5) is 14.5. The topological polar surface area (TPSA) is 104 Å². The number of benzene rings is 1. The Hall–Kier alpha value is -4.11. The van der Waals surface area contributed by atoms with E-state index in [1.165, 1.54) is 31.8 Å². The maximum Gasteiger partial charge on any atom is 0.403 e. The van der Waals surface area contributed by atoms with Gasteiger partial charge in [0.2, 0.25) is 0 Å². The molecule has 1 aromatic carbocycles. The summed E-state index contributed by atoms with van der Waals surface area (Å²) in [5.74, 6) is -1.42. The number of alkyl halides is 4. The number of anilines is 3. The molecule has 0 spiro atoms. The van der Waals surface area contributed by atoms with Gasteiger partial charge in [-0.25, -0.2) is 33.1 Å². The lowest BCUT2D eigenvalue weighted by molar-refractivity contribution is -0.147. The number of nitrogens with zero attached hydrogens (tertiary/aromatic N) is 5. The molecule has 0 amide bonds. The van der Waals surface area contributed by atoms with E-state index in [0.29, 0.717) is 29.4 Å². The van der Waals surface area contributed by atoms with E-state index in [-0.39, 0.29) is 48.3 Å². The van der Waals surface area contributed by atoms with Crippen LogP contribution in [0.5, 0.6) is 5.75 Å². The first-order chi connectivity index (χ1) is 19.5. The largest absolute Gasteiger partial charge is 0.496 e. The Balaban J connectivity index is 1.46. The van der Waals surface area contributed by atoms with E-state index < -0.39 is 36.6 Å². The average Bonchev–Trinajstić information content (AvgIpc) is 3.34. The van der Waals surface area contributed by atoms with E-state index >= 15 is 0 Å². The van der Waals surface area contributed by atoms with Crippen LogP contribution in [0.15, 0.2) is 42.9 Å². The molecule has 4 N–H and O–H groups in total. The monoisotopic (exact) mass is 580 g/mol. The van der Waals surface area contributed by atoms with Crippen molar-refractivity contribution in [2.75, 3.05) is 43.5 Å². The molecule has 0 aliphatic carbocycles. The molecule has 4 heterocycles. The van der Waals surface area contributed by atoms with Gasteiger partial charge in [-0.1, -0.05) is 0 Å². The van der Waals surface area contributed by atoms with Crippen LogP contribution >= 0.6 is 0 Å². The van der Waals surface area contributed by atoms with Crippen LogP contribution in [0, 0.1) is 11.6 Å². The van der Waals surface area contributed by atoms with Crippen molar-refractivity contribution in [2.45, 2.75) is 24.8 Å². The fourth-order valence-corrected chi connectivity index (χ4v) is 4.85. The van der Waals surface area contributed by atoms with E-state index in [0.717, 1.165) is 11.1 Å². The second kappa shape index (κ2) is 11.4. The molecule has 1 saturated heterocycles. The summed E-state index contributed by atoms with van der Waals surface area (Å²) < 4.78 is 86.7. The normalized spacial score (nSPS) is 19.6. The van der Waals surface area contributed by atoms with Crippen LogP contribution in [0.1, 0.15) is 12.0 Å². The fraction of sp³-hybridized carbons (Fsp3) is 0.346. The molecule has 1 fully saturated rings. The van der Waals surface area contributed by atoms with Crippen LogP contribution < -0.4 is 26.1 Å². The first kappa shape index (κ1) is 28.4. The van der Waals surface area contributed by atoms with E-state index in [1.807, 2.05) is 0 Å². The number of pyridine rings is 1. The van der Waals surface area contributed by atoms with Crippen LogP contribution in [-0.2, 0) is 0 Å². The van der Waals surface area contributed by atoms with Gasteiger partial charge in [0, 0.05) is 73.7 Å². The average molecular weight is 581 g/mol. The van der Waals surface area contributed by atoms with Gasteiger partial charge in [0.25, 0.3) is 0 Å². The lowest BCUT2D eigenvalue weighted by Crippen LogP contribution is -2.48. The summed E-state index contributed by atoms with van der Waals surface area (Å²) in [5.41, 5.74) is 10.1. The van der Waals surface area contributed by atoms with Gasteiger partial charge in [0.05, 0.1) is 12.7 Å². The lowest BCUT2D eigenvalue weighted by Gasteiger charge is -2.36. The highest BCUT2D eigenvalue weighted by Crippen LogP contribution is 2.35. The number of hydrazine groups is 1. The highest BCUT2D eigenvalue weighted by atomic mass is 19.4. The Morgan fingerprint density at radius 3 is 2.68 bits per heavy atom. The van der Waals surface area contributed by atoms with Gasteiger partial charge < -0.3 is 26.1 Å². The Labute approximate surface area is 231 Å². The molecule has 5 rings (SSSR count). The van der Waals surface area contributed by atoms with Crippen LogP contribution in [0.25, 0.3) is 17.0 Å². The number of aromatic nitrogens is 3. The molecule has 2 aliphatic rings. The summed E-state index contributed by atoms with van der Waals surface area (Å²) in [6, 6.07) is 4.38. The van der Waals surface area contributed by atoms with Gasteiger partial charge in [0.1, 0.15) is 41.7 Å². The number of hydrogen-bond donors (Lipinski definition) is 3. The van der Waals surface area contributed by atoms with Gasteiger partial charge in [-0.05, 0) is 18.1 Å². The molecule has 2 aromatic heterocycles. The van der Waals surface area contributed by atoms with Gasteiger partial charge >= 0.3 is 6.18 Å². The predicted molar refractivity (Wildman–Crippen MR) is 140 cm³/mol. The van der Waals surface area contributed by atoms with Crippen molar-refractivity contribution >= 4 is 22.9 Å². The smallest absolute Gasteiger partial charge is 0.403 e. The second-order valence-corrected chi connectivity index (χ2v) is 9.71. The van der Waals surface area contributed by atoms with Crippen LogP contribution in [0.2, 0.25) is 0 Å². The highest BCUT2D eigenvalue weighted by molar-refractivity contribution is 5.80. The van der Waals surface area contributed by atoms with Gasteiger partial charge in [-0.3, -0.25) is 0 Å². The quantitative estimate of drug-likeness (QED) is 0.356. The molecule has 0 radical (unpaired) electrons. The molecule has 0 saturated carbocycles. The van der Waals surface area contributed by atoms with Crippen molar-refractivity contribution in [2.24, 2.45) is 5.73 Å². The third-order valence-electron chi connectivity index (χ3n) is 6.53. The Morgan fingerprint density at radius 1 is 1.15 bits per heavy atom. The fourth-order valence-electron chi connectivity index (χ4n) is 4.85. The zero-order valence-corrected chi connectivity index (χ0v) is 21.7. The van der Waals surface area contributed by atoms with Gasteiger partial charge in [0.15, 0.2) is 5.82 Å². The number of halogens is 6. The van der Waals surface area contributed by atoms with Crippen molar-refractivity contribution in [3.8, 4) is 17.1 Å². The zero-order chi connectivity index (χ0) is 29.3. The number of hydrogen-bond acceptors (Lipinski definition) is 9. The van der Waals surface area contributed by atoms with Gasteiger partial charge in [-0.15, -0.1) is 0 Å². The molecule has 0 unspecified atom stereocenters. The Bertz CT molecular complexity index is 1440. The minimum atomic E-state index is -4.40. The Morgan fingerprint density at radius 2 is 1.95 bits per heavy atom. The number of nitrogens with one attached hydrogen (secondary N) is 2. The lowest BCUT2D eigenvalue weighted by atomic mass is 10.0. The minimum Gasteiger partial charge on any atom is -0.496 e. The number of piperidine rings is 1. The summed E-state index contributed by atoms with van der Waals surface area (Å²) in [6.07, 6.45) is -1.11. The Kier molecular flexibility index (Phi) is 7.91. The van der Waals surface area contributed by atoms with E-state index in [9.17, 15) is 26.3 Å². The molecular weight excluding hydrogens is 554 g/mol. The van der Waals surface area contributed by atoms with Crippen LogP contribution in [-0.4, -0.2) is 71.6 Å². The van der Waals surface area contributed by atoms with Crippen molar-refractivity contribution < 1.29 is 31.1 Å². The van der Waals surface area contributed by atoms with Crippen LogP contribution in [0.3, 0.4) is 0 Å². The van der Waals surface area contributed by atoms with Crippen molar-refractivity contribution in [1.82, 2.24) is 25.4 Å². The molecule has 218 valence electrons. The zero-order valence-electron chi connectivity index (χ0n) is 21.7. The molecule has 15 heteroatoms. The first-order valence-corrected chi connectivity index (χ1v) is 12.5. The number of nitrogens with two attached hydrogens (primary N) is 1. The third-order valence-corrected chi connectivity index (χ3v) is 6.53. The van der Waals surface area contributed by atoms with Crippen molar-refractivity contribution in [3.63, 3.8) is 0 Å². The maximum absolute atomic E-state index is 14.6. The van der Waals surface area contributed by atoms with Gasteiger partial charge in [-0.2, -0.15) is 13.2 Å². The highest BCUT2D eigenvalue weighted by Gasteiger charge is 2.34. The second-order valence-electron chi connectivity index (χ2n) is 9.71. The molecule has 2 atom stereocenters. The van der Waals surface area contributed by atoms with Crippen LogP contribution in [0.4, 0.5) is 43.7 Å². The SMILES string of the molecule is COc1cc(F)cc(F)c1-c1nccc(Nc2cc(N3C[C@@H](N)C[C@@H](F)C3)c(C3=CNN(CC(F)(F)F)C3)cn2)n1. The van der Waals surface area contributed by atoms with Crippen molar-refractivity contribution in [1.29, 1.82) is 0 Å². The molecule has 41 heavy (non-hydrogen) atoms. The minimum absolute atomic E-state index is 0.0401. The molecule has 2 aliphatic heterocycles. The summed E-state index contributed by atoms with van der Waals surface area (Å²) in [5, 5.41) is 4.01. The van der Waals surface area contributed by atoms with Crippen molar-refractivity contribution in [3.05, 3.63) is 60.1 Å². The molecular formula is C26H26F6N8O. The predicted octanol–water partition coefficient (Wildman–Crippen LogP) is 4.17. The molecule has 3 aromatic rings. The number of methoxy groups -OCH3 is 1. The third kappa shape index (κ3) is 6.62. The standard InChI is InChI=1S/C26H26F6N8O/c1-41-21-6-15(27)5-19(29)24(21)25-34-3-2-22(38-25)37-23-7-20(39-11-16(28)4-17(33)12-39)18(9-35-23)14-8-36-40(10-14)13-26(30,31)32/h2-3,5-9,16-17,36H,4,10-13,33H2,1H3,(H,34,35,37,38)/t16-,17+/m1/s1. The maximum atomic E-state index is 14.6.